The number of nitrogen functional groups attached to an aromatic ring is 1. The van der Waals surface area contributed by atoms with Gasteiger partial charge in [-0.05, 0) is 48.9 Å². The predicted molar refractivity (Wildman–Crippen MR) is 77.8 cm³/mol. The maximum atomic E-state index is 6.04. The molecule has 2 N–H and O–H groups in total. The zero-order chi connectivity index (χ0) is 12.4. The molecule has 0 saturated heterocycles. The van der Waals surface area contributed by atoms with Crippen LogP contribution in [0.2, 0.25) is 0 Å². The average Bonchev–Trinajstić information content (AvgIpc) is 2.29. The van der Waals surface area contributed by atoms with Crippen molar-refractivity contribution in [2.24, 2.45) is 0 Å². The molecule has 3 heteroatoms. The molecule has 0 spiro atoms. The van der Waals surface area contributed by atoms with Gasteiger partial charge in [-0.1, -0.05) is 22.0 Å². The SMILES string of the molecule is Cc1ccc(N(C)c2ccc(Br)cc2)c(N)c1. The quantitative estimate of drug-likeness (QED) is 0.844. The van der Waals surface area contributed by atoms with Crippen LogP contribution in [-0.4, -0.2) is 7.05 Å². The second-order valence-electron chi connectivity index (χ2n) is 4.10. The lowest BCUT2D eigenvalue weighted by Crippen LogP contribution is -2.11. The first kappa shape index (κ1) is 12.0. The molecule has 0 atom stereocenters. The van der Waals surface area contributed by atoms with E-state index in [9.17, 15) is 0 Å². The molecule has 88 valence electrons. The molecule has 0 amide bonds. The number of hydrogen-bond acceptors (Lipinski definition) is 2. The van der Waals surface area contributed by atoms with Gasteiger partial charge in [-0.25, -0.2) is 0 Å². The van der Waals surface area contributed by atoms with E-state index >= 15 is 0 Å². The lowest BCUT2D eigenvalue weighted by Gasteiger charge is -2.21. The second kappa shape index (κ2) is 4.80. The third-order valence-corrected chi connectivity index (χ3v) is 3.29. The van der Waals surface area contributed by atoms with Crippen LogP contribution in [0.5, 0.6) is 0 Å². The summed E-state index contributed by atoms with van der Waals surface area (Å²) in [4.78, 5) is 2.08. The Balaban J connectivity index is 2.36. The first-order valence-electron chi connectivity index (χ1n) is 5.43. The maximum absolute atomic E-state index is 6.04. The van der Waals surface area contributed by atoms with E-state index in [2.05, 4.69) is 39.0 Å². The lowest BCUT2D eigenvalue weighted by atomic mass is 10.1. The fraction of sp³-hybridized carbons (Fsp3) is 0.143. The molecule has 0 saturated carbocycles. The molecular formula is C14H15BrN2. The van der Waals surface area contributed by atoms with E-state index < -0.39 is 0 Å². The van der Waals surface area contributed by atoms with Crippen LogP contribution in [0.4, 0.5) is 17.1 Å². The van der Waals surface area contributed by atoms with Crippen LogP contribution in [0.25, 0.3) is 0 Å². The number of hydrogen-bond donors (Lipinski definition) is 1. The number of anilines is 3. The molecule has 0 fully saturated rings. The van der Waals surface area contributed by atoms with Gasteiger partial charge in [0.15, 0.2) is 0 Å². The van der Waals surface area contributed by atoms with Gasteiger partial charge >= 0.3 is 0 Å². The number of benzene rings is 2. The van der Waals surface area contributed by atoms with E-state index in [4.69, 9.17) is 5.73 Å². The molecule has 2 nitrogen and oxygen atoms in total. The average molecular weight is 291 g/mol. The Morgan fingerprint density at radius 1 is 1.06 bits per heavy atom. The molecule has 0 heterocycles. The molecule has 0 aliphatic rings. The maximum Gasteiger partial charge on any atom is 0.0641 e. The van der Waals surface area contributed by atoms with Gasteiger partial charge in [0.05, 0.1) is 11.4 Å². The lowest BCUT2D eigenvalue weighted by molar-refractivity contribution is 1.21. The fourth-order valence-corrected chi connectivity index (χ4v) is 2.05. The summed E-state index contributed by atoms with van der Waals surface area (Å²) >= 11 is 3.43. The normalized spacial score (nSPS) is 10.3. The van der Waals surface area contributed by atoms with Crippen molar-refractivity contribution in [3.63, 3.8) is 0 Å². The van der Waals surface area contributed by atoms with Crippen molar-refractivity contribution in [3.05, 3.63) is 52.5 Å². The minimum absolute atomic E-state index is 0.801. The van der Waals surface area contributed by atoms with E-state index in [0.717, 1.165) is 21.5 Å². The molecule has 0 aliphatic heterocycles. The zero-order valence-corrected chi connectivity index (χ0v) is 11.5. The third-order valence-electron chi connectivity index (χ3n) is 2.76. The summed E-state index contributed by atoms with van der Waals surface area (Å²) in [5.74, 6) is 0. The van der Waals surface area contributed by atoms with Crippen LogP contribution < -0.4 is 10.6 Å². The van der Waals surface area contributed by atoms with E-state index in [1.54, 1.807) is 0 Å². The highest BCUT2D eigenvalue weighted by atomic mass is 79.9. The summed E-state index contributed by atoms with van der Waals surface area (Å²) < 4.78 is 1.08. The Hall–Kier alpha value is -1.48. The molecule has 2 rings (SSSR count). The van der Waals surface area contributed by atoms with Gasteiger partial charge in [-0.2, -0.15) is 0 Å². The molecule has 0 aromatic heterocycles. The Labute approximate surface area is 110 Å². The zero-order valence-electron chi connectivity index (χ0n) is 9.94. The van der Waals surface area contributed by atoms with Crippen LogP contribution >= 0.6 is 15.9 Å². The van der Waals surface area contributed by atoms with E-state index in [1.807, 2.05) is 38.2 Å². The topological polar surface area (TPSA) is 29.3 Å². The molecule has 0 unspecified atom stereocenters. The molecule has 0 radical (unpaired) electrons. The van der Waals surface area contributed by atoms with Crippen molar-refractivity contribution in [2.45, 2.75) is 6.92 Å². The highest BCUT2D eigenvalue weighted by Gasteiger charge is 2.07. The standard InChI is InChI=1S/C14H15BrN2/c1-10-3-8-14(13(16)9-10)17(2)12-6-4-11(15)5-7-12/h3-9H,16H2,1-2H3. The van der Waals surface area contributed by atoms with Crippen molar-refractivity contribution in [1.29, 1.82) is 0 Å². The molecular weight excluding hydrogens is 276 g/mol. The van der Waals surface area contributed by atoms with Crippen molar-refractivity contribution in [2.75, 3.05) is 17.7 Å². The van der Waals surface area contributed by atoms with Gasteiger partial charge in [-0.15, -0.1) is 0 Å². The Bertz CT molecular complexity index is 520. The summed E-state index contributed by atoms with van der Waals surface area (Å²) in [6, 6.07) is 14.3. The van der Waals surface area contributed by atoms with E-state index in [-0.39, 0.29) is 0 Å². The Kier molecular flexibility index (Phi) is 3.38. The highest BCUT2D eigenvalue weighted by molar-refractivity contribution is 9.10. The van der Waals surface area contributed by atoms with Gasteiger partial charge in [-0.3, -0.25) is 0 Å². The van der Waals surface area contributed by atoms with Crippen LogP contribution in [0.3, 0.4) is 0 Å². The Morgan fingerprint density at radius 2 is 1.71 bits per heavy atom. The third kappa shape index (κ3) is 2.61. The number of aryl methyl sites for hydroxylation is 1. The number of nitrogens with two attached hydrogens (primary N) is 1. The number of halogens is 1. The summed E-state index contributed by atoms with van der Waals surface area (Å²) in [6.45, 7) is 2.04. The minimum atomic E-state index is 0.801. The molecule has 0 bridgehead atoms. The van der Waals surface area contributed by atoms with Crippen LogP contribution in [0.15, 0.2) is 46.9 Å². The van der Waals surface area contributed by atoms with E-state index in [1.165, 1.54) is 5.56 Å². The van der Waals surface area contributed by atoms with Crippen molar-refractivity contribution >= 4 is 33.0 Å². The molecule has 2 aromatic carbocycles. The van der Waals surface area contributed by atoms with Crippen molar-refractivity contribution in [3.8, 4) is 0 Å². The highest BCUT2D eigenvalue weighted by Crippen LogP contribution is 2.30. The molecule has 0 aliphatic carbocycles. The fourth-order valence-electron chi connectivity index (χ4n) is 1.78. The molecule has 2 aromatic rings. The van der Waals surface area contributed by atoms with Gasteiger partial charge < -0.3 is 10.6 Å². The first-order valence-corrected chi connectivity index (χ1v) is 6.22. The van der Waals surface area contributed by atoms with Crippen LogP contribution in [-0.2, 0) is 0 Å². The number of rotatable bonds is 2. The van der Waals surface area contributed by atoms with Crippen molar-refractivity contribution < 1.29 is 0 Å². The summed E-state index contributed by atoms with van der Waals surface area (Å²) in [5, 5.41) is 0. The van der Waals surface area contributed by atoms with Crippen LogP contribution in [0, 0.1) is 6.92 Å². The summed E-state index contributed by atoms with van der Waals surface area (Å²) in [7, 11) is 2.02. The van der Waals surface area contributed by atoms with Crippen LogP contribution in [0.1, 0.15) is 5.56 Å². The predicted octanol–water partition coefficient (Wildman–Crippen LogP) is 4.11. The van der Waals surface area contributed by atoms with E-state index in [0.29, 0.717) is 0 Å². The van der Waals surface area contributed by atoms with Gasteiger partial charge in [0.25, 0.3) is 0 Å². The summed E-state index contributed by atoms with van der Waals surface area (Å²) in [5.41, 5.74) is 10.2. The monoisotopic (exact) mass is 290 g/mol. The van der Waals surface area contributed by atoms with Gasteiger partial charge in [0.1, 0.15) is 0 Å². The second-order valence-corrected chi connectivity index (χ2v) is 5.01. The van der Waals surface area contributed by atoms with Gasteiger partial charge in [0, 0.05) is 17.2 Å². The smallest absolute Gasteiger partial charge is 0.0641 e. The molecule has 17 heavy (non-hydrogen) atoms. The van der Waals surface area contributed by atoms with Gasteiger partial charge in [0.2, 0.25) is 0 Å². The Morgan fingerprint density at radius 3 is 2.29 bits per heavy atom. The minimum Gasteiger partial charge on any atom is -0.397 e. The number of nitrogens with zero attached hydrogens (tertiary/aromatic N) is 1. The largest absolute Gasteiger partial charge is 0.397 e. The first-order chi connectivity index (χ1) is 8.08. The van der Waals surface area contributed by atoms with Crippen molar-refractivity contribution in [1.82, 2.24) is 0 Å². The summed E-state index contributed by atoms with van der Waals surface area (Å²) in [6.07, 6.45) is 0.